The van der Waals surface area contributed by atoms with E-state index in [1.54, 1.807) is 24.3 Å². The van der Waals surface area contributed by atoms with Gasteiger partial charge in [-0.25, -0.2) is 4.79 Å². The Hall–Kier alpha value is -2.87. The Bertz CT molecular complexity index is 726. The molecule has 5 nitrogen and oxygen atoms in total. The number of hydrogen-bond donors (Lipinski definition) is 1. The summed E-state index contributed by atoms with van der Waals surface area (Å²) in [6.45, 7) is 0.300. The molecule has 94 valence electrons. The standard InChI is InChI=1S/C14H10N2O3/c15-8-10-2-1-3-11(6-10)9-16-5-4-12(14(18)19)7-13(16)17/h1-7H,9H2,(H,18,19). The van der Waals surface area contributed by atoms with E-state index in [9.17, 15) is 9.59 Å². The number of rotatable bonds is 3. The predicted octanol–water partition coefficient (Wildman–Crippen LogP) is 1.47. The molecule has 1 heterocycles. The van der Waals surface area contributed by atoms with Crippen molar-refractivity contribution in [3.05, 3.63) is 69.6 Å². The molecule has 1 N–H and O–H groups in total. The van der Waals surface area contributed by atoms with Crippen molar-refractivity contribution in [3.63, 3.8) is 0 Å². The molecule has 0 bridgehead atoms. The molecule has 0 fully saturated rings. The zero-order valence-corrected chi connectivity index (χ0v) is 9.91. The third-order valence-corrected chi connectivity index (χ3v) is 2.65. The van der Waals surface area contributed by atoms with Gasteiger partial charge in [0.2, 0.25) is 0 Å². The fraction of sp³-hybridized carbons (Fsp3) is 0.0714. The number of nitriles is 1. The highest BCUT2D eigenvalue weighted by molar-refractivity contribution is 5.87. The Morgan fingerprint density at radius 3 is 2.74 bits per heavy atom. The van der Waals surface area contributed by atoms with E-state index >= 15 is 0 Å². The number of aromatic carboxylic acids is 1. The molecule has 19 heavy (non-hydrogen) atoms. The van der Waals surface area contributed by atoms with E-state index in [0.29, 0.717) is 12.1 Å². The highest BCUT2D eigenvalue weighted by Crippen LogP contribution is 2.05. The fourth-order valence-corrected chi connectivity index (χ4v) is 1.71. The fourth-order valence-electron chi connectivity index (χ4n) is 1.71. The molecular weight excluding hydrogens is 244 g/mol. The van der Waals surface area contributed by atoms with Gasteiger partial charge in [-0.2, -0.15) is 5.26 Å². The number of hydrogen-bond acceptors (Lipinski definition) is 3. The maximum absolute atomic E-state index is 11.7. The third kappa shape index (κ3) is 2.87. The summed E-state index contributed by atoms with van der Waals surface area (Å²) in [6.07, 6.45) is 1.44. The van der Waals surface area contributed by atoms with E-state index in [1.807, 2.05) is 6.07 Å². The number of benzene rings is 1. The highest BCUT2D eigenvalue weighted by atomic mass is 16.4. The minimum atomic E-state index is -1.13. The summed E-state index contributed by atoms with van der Waals surface area (Å²) in [5, 5.41) is 17.6. The molecule has 0 atom stereocenters. The van der Waals surface area contributed by atoms with Gasteiger partial charge in [0, 0.05) is 12.3 Å². The zero-order valence-electron chi connectivity index (χ0n) is 9.91. The highest BCUT2D eigenvalue weighted by Gasteiger charge is 2.05. The van der Waals surface area contributed by atoms with E-state index < -0.39 is 5.97 Å². The van der Waals surface area contributed by atoms with Crippen LogP contribution in [-0.2, 0) is 6.54 Å². The second kappa shape index (κ2) is 5.19. The van der Waals surface area contributed by atoms with Crippen LogP contribution in [-0.4, -0.2) is 15.6 Å². The summed E-state index contributed by atoms with van der Waals surface area (Å²) in [7, 11) is 0. The largest absolute Gasteiger partial charge is 0.478 e. The van der Waals surface area contributed by atoms with E-state index in [0.717, 1.165) is 11.6 Å². The van der Waals surface area contributed by atoms with Crippen LogP contribution in [0.2, 0.25) is 0 Å². The summed E-state index contributed by atoms with van der Waals surface area (Å²) in [4.78, 5) is 22.5. The molecule has 2 rings (SSSR count). The van der Waals surface area contributed by atoms with Gasteiger partial charge in [0.05, 0.1) is 23.7 Å². The Kier molecular flexibility index (Phi) is 3.44. The lowest BCUT2D eigenvalue weighted by molar-refractivity contribution is 0.0696. The van der Waals surface area contributed by atoms with Gasteiger partial charge >= 0.3 is 5.97 Å². The van der Waals surface area contributed by atoms with Crippen LogP contribution in [0.25, 0.3) is 0 Å². The van der Waals surface area contributed by atoms with Crippen molar-refractivity contribution in [1.82, 2.24) is 4.57 Å². The zero-order chi connectivity index (χ0) is 13.8. The van der Waals surface area contributed by atoms with Crippen molar-refractivity contribution in [2.75, 3.05) is 0 Å². The molecule has 0 aliphatic rings. The van der Waals surface area contributed by atoms with E-state index in [2.05, 4.69) is 0 Å². The van der Waals surface area contributed by atoms with Crippen molar-refractivity contribution in [3.8, 4) is 6.07 Å². The molecule has 0 unspecified atom stereocenters. The molecule has 1 aromatic heterocycles. The minimum absolute atomic E-state index is 0.0352. The van der Waals surface area contributed by atoms with Crippen LogP contribution < -0.4 is 5.56 Å². The molecule has 2 aromatic rings. The second-order valence-electron chi connectivity index (χ2n) is 4.00. The number of carboxylic acid groups (broad SMARTS) is 1. The third-order valence-electron chi connectivity index (χ3n) is 2.65. The van der Waals surface area contributed by atoms with Crippen LogP contribution in [0.5, 0.6) is 0 Å². The smallest absolute Gasteiger partial charge is 0.335 e. The molecule has 0 radical (unpaired) electrons. The molecular formula is C14H10N2O3. The maximum Gasteiger partial charge on any atom is 0.335 e. The van der Waals surface area contributed by atoms with Crippen LogP contribution in [0.15, 0.2) is 47.4 Å². The van der Waals surface area contributed by atoms with Crippen LogP contribution in [0.1, 0.15) is 21.5 Å². The SMILES string of the molecule is N#Cc1cccc(Cn2ccc(C(=O)O)cc2=O)c1. The lowest BCUT2D eigenvalue weighted by Gasteiger charge is -2.06. The summed E-state index contributed by atoms with van der Waals surface area (Å²) in [6, 6.07) is 11.4. The normalized spacial score (nSPS) is 9.84. The average Bonchev–Trinajstić information content (AvgIpc) is 2.41. The summed E-state index contributed by atoms with van der Waals surface area (Å²) < 4.78 is 1.39. The Morgan fingerprint density at radius 1 is 1.32 bits per heavy atom. The first kappa shape index (κ1) is 12.6. The number of pyridine rings is 1. The number of carbonyl (C=O) groups is 1. The lowest BCUT2D eigenvalue weighted by atomic mass is 10.1. The maximum atomic E-state index is 11.7. The van der Waals surface area contributed by atoms with E-state index in [4.69, 9.17) is 10.4 Å². The van der Waals surface area contributed by atoms with Gasteiger partial charge in [-0.1, -0.05) is 12.1 Å². The molecule has 0 spiro atoms. The van der Waals surface area contributed by atoms with Crippen LogP contribution in [0, 0.1) is 11.3 Å². The Labute approximate surface area is 109 Å². The van der Waals surface area contributed by atoms with Crippen molar-refractivity contribution in [2.24, 2.45) is 0 Å². The average molecular weight is 254 g/mol. The predicted molar refractivity (Wildman–Crippen MR) is 67.9 cm³/mol. The monoisotopic (exact) mass is 254 g/mol. The first-order valence-corrected chi connectivity index (χ1v) is 5.53. The second-order valence-corrected chi connectivity index (χ2v) is 4.00. The van der Waals surface area contributed by atoms with Crippen LogP contribution in [0.4, 0.5) is 0 Å². The first-order chi connectivity index (χ1) is 9.10. The van der Waals surface area contributed by atoms with Crippen LogP contribution in [0.3, 0.4) is 0 Å². The van der Waals surface area contributed by atoms with Gasteiger partial charge < -0.3 is 9.67 Å². The molecule has 0 aliphatic carbocycles. The lowest BCUT2D eigenvalue weighted by Crippen LogP contribution is -2.20. The first-order valence-electron chi connectivity index (χ1n) is 5.53. The molecule has 0 amide bonds. The minimum Gasteiger partial charge on any atom is -0.478 e. The summed E-state index contributed by atoms with van der Waals surface area (Å²) in [5.74, 6) is -1.13. The molecule has 1 aromatic carbocycles. The van der Waals surface area contributed by atoms with Crippen molar-refractivity contribution >= 4 is 5.97 Å². The molecule has 0 saturated heterocycles. The van der Waals surface area contributed by atoms with E-state index in [1.165, 1.54) is 16.8 Å². The van der Waals surface area contributed by atoms with Gasteiger partial charge in [0.25, 0.3) is 5.56 Å². The van der Waals surface area contributed by atoms with Crippen molar-refractivity contribution in [2.45, 2.75) is 6.54 Å². The van der Waals surface area contributed by atoms with Gasteiger partial charge in [0.1, 0.15) is 0 Å². The number of aromatic nitrogens is 1. The Balaban J connectivity index is 2.31. The number of nitrogens with zero attached hydrogens (tertiary/aromatic N) is 2. The van der Waals surface area contributed by atoms with Gasteiger partial charge in [-0.3, -0.25) is 4.79 Å². The van der Waals surface area contributed by atoms with Gasteiger partial charge in [-0.15, -0.1) is 0 Å². The van der Waals surface area contributed by atoms with E-state index in [-0.39, 0.29) is 11.1 Å². The topological polar surface area (TPSA) is 83.1 Å². The number of carboxylic acids is 1. The molecule has 0 saturated carbocycles. The Morgan fingerprint density at radius 2 is 2.11 bits per heavy atom. The molecule has 5 heteroatoms. The van der Waals surface area contributed by atoms with Crippen molar-refractivity contribution in [1.29, 1.82) is 5.26 Å². The van der Waals surface area contributed by atoms with Gasteiger partial charge in [0.15, 0.2) is 0 Å². The molecule has 0 aliphatic heterocycles. The quantitative estimate of drug-likeness (QED) is 0.898. The summed E-state index contributed by atoms with van der Waals surface area (Å²) >= 11 is 0. The summed E-state index contributed by atoms with van der Waals surface area (Å²) in [5.41, 5.74) is 0.909. The van der Waals surface area contributed by atoms with Crippen LogP contribution >= 0.6 is 0 Å². The van der Waals surface area contributed by atoms with Gasteiger partial charge in [-0.05, 0) is 23.8 Å². The van der Waals surface area contributed by atoms with Crippen molar-refractivity contribution < 1.29 is 9.90 Å².